The number of aliphatic hydroxyl groups is 1. The molecule has 0 bridgehead atoms. The summed E-state index contributed by atoms with van der Waals surface area (Å²) >= 11 is 0. The van der Waals surface area contributed by atoms with Crippen LogP contribution in [0, 0.1) is 56.7 Å². The van der Waals surface area contributed by atoms with E-state index in [1.807, 2.05) is 12.1 Å². The number of ether oxygens (including phenoxy) is 3. The SMILES string of the molecule is C=C(COCCN1CCOCC1)[C@@H]1CC[C@]2(C(=O)NCCNCCO)CC[C@]3(C)[C@H](CC[C@@H]4[C@@]5(C)CC=C(c6ccc(C(=O)OC)cc6)C(C)(C)[C@@H]5CC[C@]43C)[C@@H]12. The predicted molar refractivity (Wildman–Crippen MR) is 225 cm³/mol. The maximum atomic E-state index is 14.6. The Morgan fingerprint density at radius 2 is 1.67 bits per heavy atom. The highest BCUT2D eigenvalue weighted by molar-refractivity contribution is 5.90. The van der Waals surface area contributed by atoms with E-state index in [2.05, 4.69) is 68.4 Å². The number of morpholine rings is 1. The van der Waals surface area contributed by atoms with Gasteiger partial charge in [-0.15, -0.1) is 0 Å². The average Bonchev–Trinajstić information content (AvgIpc) is 3.61. The Balaban J connectivity index is 1.14. The van der Waals surface area contributed by atoms with Gasteiger partial charge < -0.3 is 30.0 Å². The van der Waals surface area contributed by atoms with Crippen molar-refractivity contribution in [1.82, 2.24) is 15.5 Å². The number of carbonyl (C=O) groups is 2. The van der Waals surface area contributed by atoms with Crippen molar-refractivity contribution in [2.45, 2.75) is 92.4 Å². The molecule has 0 radical (unpaired) electrons. The minimum atomic E-state index is -0.388. The summed E-state index contributed by atoms with van der Waals surface area (Å²) < 4.78 is 16.9. The molecule has 1 aromatic rings. The van der Waals surface area contributed by atoms with Gasteiger partial charge in [0.25, 0.3) is 0 Å². The topological polar surface area (TPSA) is 109 Å². The number of esters is 1. The molecule has 6 aliphatic rings. The molecular weight excluding hydrogens is 715 g/mol. The summed E-state index contributed by atoms with van der Waals surface area (Å²) in [4.78, 5) is 29.2. The minimum absolute atomic E-state index is 0.0131. The highest BCUT2D eigenvalue weighted by Crippen LogP contribution is 2.77. The summed E-state index contributed by atoms with van der Waals surface area (Å²) in [5.74, 6) is 2.04. The lowest BCUT2D eigenvalue weighted by molar-refractivity contribution is -0.225. The third kappa shape index (κ3) is 7.38. The second-order valence-corrected chi connectivity index (χ2v) is 20.0. The molecule has 9 atom stereocenters. The van der Waals surface area contributed by atoms with Crippen LogP contribution in [0.3, 0.4) is 0 Å². The molecule has 5 fully saturated rings. The Kier molecular flexibility index (Phi) is 12.6. The van der Waals surface area contributed by atoms with Crippen LogP contribution in [0.4, 0.5) is 0 Å². The van der Waals surface area contributed by atoms with Crippen LogP contribution in [0.1, 0.15) is 108 Å². The van der Waals surface area contributed by atoms with Gasteiger partial charge in [0.05, 0.1) is 51.1 Å². The number of aliphatic hydroxyl groups excluding tert-OH is 1. The van der Waals surface area contributed by atoms with Crippen molar-refractivity contribution in [2.24, 2.45) is 56.7 Å². The van der Waals surface area contributed by atoms with E-state index in [0.717, 1.165) is 71.4 Å². The summed E-state index contributed by atoms with van der Waals surface area (Å²) in [6.07, 6.45) is 12.3. The van der Waals surface area contributed by atoms with Gasteiger partial charge >= 0.3 is 5.97 Å². The third-order valence-electron chi connectivity index (χ3n) is 17.4. The molecule has 4 saturated carbocycles. The lowest BCUT2D eigenvalue weighted by Crippen LogP contribution is -2.66. The smallest absolute Gasteiger partial charge is 0.337 e. The Morgan fingerprint density at radius 1 is 0.912 bits per heavy atom. The van der Waals surface area contributed by atoms with Crippen LogP contribution < -0.4 is 10.6 Å². The summed E-state index contributed by atoms with van der Waals surface area (Å²) in [6, 6.07) is 8.04. The maximum absolute atomic E-state index is 14.6. The Labute approximate surface area is 343 Å². The zero-order valence-electron chi connectivity index (χ0n) is 36.1. The molecule has 1 aliphatic heterocycles. The van der Waals surface area contributed by atoms with Gasteiger partial charge in [-0.1, -0.05) is 59.4 Å². The van der Waals surface area contributed by atoms with Crippen LogP contribution in [0.25, 0.3) is 5.57 Å². The lowest BCUT2D eigenvalue weighted by atomic mass is 9.32. The number of methoxy groups -OCH3 is 1. The largest absolute Gasteiger partial charge is 0.465 e. The van der Waals surface area contributed by atoms with Gasteiger partial charge in [0.15, 0.2) is 0 Å². The molecule has 5 aliphatic carbocycles. The number of rotatable bonds is 14. The number of allylic oxidation sites excluding steroid dienone is 2. The molecule has 7 rings (SSSR count). The van der Waals surface area contributed by atoms with E-state index in [1.54, 1.807) is 0 Å². The molecule has 1 heterocycles. The number of nitrogens with one attached hydrogen (secondary N) is 2. The minimum Gasteiger partial charge on any atom is -0.465 e. The van der Waals surface area contributed by atoms with Crippen molar-refractivity contribution < 1.29 is 28.9 Å². The molecule has 1 amide bonds. The lowest BCUT2D eigenvalue weighted by Gasteiger charge is -2.72. The van der Waals surface area contributed by atoms with Crippen LogP contribution >= 0.6 is 0 Å². The zero-order chi connectivity index (χ0) is 40.6. The maximum Gasteiger partial charge on any atom is 0.337 e. The van der Waals surface area contributed by atoms with Crippen LogP contribution in [0.5, 0.6) is 0 Å². The summed E-state index contributed by atoms with van der Waals surface area (Å²) in [5.41, 5.74) is 4.42. The van der Waals surface area contributed by atoms with Crippen LogP contribution in [0.15, 0.2) is 42.5 Å². The van der Waals surface area contributed by atoms with E-state index in [4.69, 9.17) is 20.8 Å². The summed E-state index contributed by atoms with van der Waals surface area (Å²) in [5, 5.41) is 15.9. The van der Waals surface area contributed by atoms with Crippen molar-refractivity contribution in [3.63, 3.8) is 0 Å². The summed E-state index contributed by atoms with van der Waals surface area (Å²) in [7, 11) is 1.43. The van der Waals surface area contributed by atoms with Gasteiger partial charge in [-0.2, -0.15) is 0 Å². The first-order valence-corrected chi connectivity index (χ1v) is 22.3. The van der Waals surface area contributed by atoms with E-state index in [1.165, 1.54) is 43.1 Å². The molecule has 316 valence electrons. The van der Waals surface area contributed by atoms with Gasteiger partial charge in [-0.3, -0.25) is 9.69 Å². The first-order chi connectivity index (χ1) is 27.3. The number of hydrogen-bond acceptors (Lipinski definition) is 8. The van der Waals surface area contributed by atoms with Crippen LogP contribution in [-0.2, 0) is 19.0 Å². The molecule has 1 saturated heterocycles. The molecule has 9 heteroatoms. The van der Waals surface area contributed by atoms with E-state index in [-0.39, 0.29) is 57.4 Å². The quantitative estimate of drug-likeness (QED) is 0.104. The molecule has 0 spiro atoms. The number of nitrogens with zero attached hydrogens (tertiary/aromatic N) is 1. The average molecular weight is 788 g/mol. The Morgan fingerprint density at radius 3 is 2.39 bits per heavy atom. The van der Waals surface area contributed by atoms with Crippen molar-refractivity contribution in [3.05, 3.63) is 53.6 Å². The number of fused-ring (bicyclic) bond motifs is 7. The van der Waals surface area contributed by atoms with E-state index in [9.17, 15) is 14.7 Å². The number of amides is 1. The van der Waals surface area contributed by atoms with Gasteiger partial charge in [0, 0.05) is 39.3 Å². The van der Waals surface area contributed by atoms with Crippen molar-refractivity contribution in [1.29, 1.82) is 0 Å². The first-order valence-electron chi connectivity index (χ1n) is 22.3. The standard InChI is InChI=1S/C48H73N3O6/c1-33(32-57-31-27-51-25-29-56-30-26-51)36-14-19-48(43(54)50-23-22-49-24-28-52)21-20-46(5)38(41(36)48)12-13-40-45(4)17-15-37(34-8-10-35(11-9-34)42(53)55-7)44(2,3)39(45)16-18-47(40,46)6/h8-11,15,36,38-41,49,52H,1,12-14,16-32H2,2-7H3,(H,50,54)/t36-,38+,39-,40+,41+,45-,46+,47+,48-/m0/s1. The Bertz CT molecular complexity index is 1650. The number of benzene rings is 1. The van der Waals surface area contributed by atoms with E-state index >= 15 is 0 Å². The monoisotopic (exact) mass is 788 g/mol. The molecule has 3 N–H and O–H groups in total. The highest BCUT2D eigenvalue weighted by Gasteiger charge is 2.71. The molecule has 57 heavy (non-hydrogen) atoms. The van der Waals surface area contributed by atoms with Gasteiger partial charge in [-0.25, -0.2) is 4.79 Å². The zero-order valence-corrected chi connectivity index (χ0v) is 36.1. The Hall–Kier alpha value is -2.56. The fourth-order valence-corrected chi connectivity index (χ4v) is 14.4. The third-order valence-corrected chi connectivity index (χ3v) is 17.4. The normalized spacial score (nSPS) is 37.2. The second kappa shape index (κ2) is 16.8. The van der Waals surface area contributed by atoms with Gasteiger partial charge in [-0.05, 0) is 138 Å². The first kappa shape index (κ1) is 42.6. The van der Waals surface area contributed by atoms with Crippen molar-refractivity contribution in [3.8, 4) is 0 Å². The fourth-order valence-electron chi connectivity index (χ4n) is 14.4. The number of hydrogen-bond donors (Lipinski definition) is 3. The molecule has 0 unspecified atom stereocenters. The van der Waals surface area contributed by atoms with Gasteiger partial charge in [0.2, 0.25) is 5.91 Å². The molecular formula is C48H73N3O6. The molecule has 0 aromatic heterocycles. The van der Waals surface area contributed by atoms with Crippen molar-refractivity contribution in [2.75, 3.05) is 79.4 Å². The molecule has 9 nitrogen and oxygen atoms in total. The van der Waals surface area contributed by atoms with Crippen molar-refractivity contribution >= 4 is 17.4 Å². The highest BCUT2D eigenvalue weighted by atomic mass is 16.5. The predicted octanol–water partition coefficient (Wildman–Crippen LogP) is 7.15. The second-order valence-electron chi connectivity index (χ2n) is 20.0. The van der Waals surface area contributed by atoms with E-state index in [0.29, 0.717) is 56.2 Å². The van der Waals surface area contributed by atoms with Gasteiger partial charge in [0.1, 0.15) is 0 Å². The summed E-state index contributed by atoms with van der Waals surface area (Å²) in [6.45, 7) is 25.1. The fraction of sp³-hybridized carbons (Fsp3) is 0.750. The number of carbonyl (C=O) groups excluding carboxylic acids is 2. The molecule has 1 aromatic carbocycles. The van der Waals surface area contributed by atoms with Crippen LogP contribution in [0.2, 0.25) is 0 Å². The van der Waals surface area contributed by atoms with Crippen LogP contribution in [-0.4, -0.2) is 101 Å². The van der Waals surface area contributed by atoms with E-state index < -0.39 is 0 Å².